The van der Waals surface area contributed by atoms with Crippen LogP contribution in [0.25, 0.3) is 0 Å². The Morgan fingerprint density at radius 1 is 0.970 bits per heavy atom. The molecule has 0 aliphatic carbocycles. The quantitative estimate of drug-likeness (QED) is 0.651. The van der Waals surface area contributed by atoms with Crippen molar-refractivity contribution in [3.8, 4) is 0 Å². The molecule has 0 spiro atoms. The van der Waals surface area contributed by atoms with Crippen molar-refractivity contribution in [1.82, 2.24) is 4.90 Å². The second kappa shape index (κ2) is 10.5. The van der Waals surface area contributed by atoms with Gasteiger partial charge in [0.1, 0.15) is 0 Å². The zero-order valence-corrected chi connectivity index (χ0v) is 19.1. The highest BCUT2D eigenvalue weighted by Crippen LogP contribution is 2.31. The Labute approximate surface area is 194 Å². The lowest BCUT2D eigenvalue weighted by Gasteiger charge is -2.33. The van der Waals surface area contributed by atoms with Gasteiger partial charge in [-0.05, 0) is 55.5 Å². The molecule has 1 fully saturated rings. The maximum atomic E-state index is 13.4. The molecule has 2 aromatic carbocycles. The number of nitrogens with one attached hydrogen (secondary N) is 1. The zero-order valence-electron chi connectivity index (χ0n) is 19.1. The number of ether oxygens (including phenoxy) is 1. The number of carbonyl (C=O) groups is 3. The minimum absolute atomic E-state index is 0.00369. The minimum Gasteiger partial charge on any atom is -0.466 e. The number of fused-ring (bicyclic) bond motifs is 1. The summed E-state index contributed by atoms with van der Waals surface area (Å²) in [5, 5.41) is 2.84. The fourth-order valence-electron chi connectivity index (χ4n) is 4.53. The summed E-state index contributed by atoms with van der Waals surface area (Å²) in [6.45, 7) is 5.14. The van der Waals surface area contributed by atoms with Gasteiger partial charge in [-0.15, -0.1) is 0 Å². The first kappa shape index (κ1) is 22.8. The van der Waals surface area contributed by atoms with Crippen LogP contribution in [0.3, 0.4) is 0 Å². The molecule has 0 atom stereocenters. The van der Waals surface area contributed by atoms with E-state index in [0.29, 0.717) is 17.9 Å². The third kappa shape index (κ3) is 5.53. The number of hydrogen-bond donors (Lipinski definition) is 1. The molecule has 0 bridgehead atoms. The Bertz CT molecular complexity index is 1030. The maximum Gasteiger partial charge on any atom is 0.306 e. The first-order valence-corrected chi connectivity index (χ1v) is 11.8. The molecular formula is C26H31N3O4. The molecule has 0 saturated carbocycles. The lowest BCUT2D eigenvalue weighted by Crippen LogP contribution is -2.34. The van der Waals surface area contributed by atoms with Gasteiger partial charge in [0.05, 0.1) is 18.6 Å². The Balaban J connectivity index is 1.54. The van der Waals surface area contributed by atoms with E-state index in [-0.39, 0.29) is 24.7 Å². The Morgan fingerprint density at radius 3 is 2.48 bits per heavy atom. The van der Waals surface area contributed by atoms with Crippen molar-refractivity contribution in [2.45, 2.75) is 45.6 Å². The number of anilines is 2. The smallest absolute Gasteiger partial charge is 0.306 e. The van der Waals surface area contributed by atoms with E-state index in [9.17, 15) is 14.4 Å². The van der Waals surface area contributed by atoms with Crippen LogP contribution >= 0.6 is 0 Å². The summed E-state index contributed by atoms with van der Waals surface area (Å²) in [6, 6.07) is 14.0. The molecule has 2 aliphatic heterocycles. The second-order valence-corrected chi connectivity index (χ2v) is 8.52. The molecule has 4 rings (SSSR count). The van der Waals surface area contributed by atoms with Gasteiger partial charge in [0.2, 0.25) is 5.91 Å². The van der Waals surface area contributed by atoms with Gasteiger partial charge in [0, 0.05) is 44.0 Å². The van der Waals surface area contributed by atoms with Gasteiger partial charge in [-0.1, -0.05) is 24.3 Å². The van der Waals surface area contributed by atoms with E-state index in [2.05, 4.69) is 28.4 Å². The molecule has 0 radical (unpaired) electrons. The highest BCUT2D eigenvalue weighted by atomic mass is 16.5. The summed E-state index contributed by atoms with van der Waals surface area (Å²) in [7, 11) is 0. The standard InChI is InChI=1S/C26H31N3O4/c1-2-33-25(31)12-11-24(30)27-21-9-10-23(22(17-21)26(32)28-14-5-6-15-28)29-16-13-19-7-3-4-8-20(19)18-29/h3-4,7-10,17H,2,5-6,11-16,18H2,1H3,(H,27,30). The summed E-state index contributed by atoms with van der Waals surface area (Å²) in [5.74, 6) is -0.662. The number of benzene rings is 2. The van der Waals surface area contributed by atoms with Gasteiger partial charge in [0.15, 0.2) is 0 Å². The van der Waals surface area contributed by atoms with Crippen molar-refractivity contribution in [3.05, 3.63) is 59.2 Å². The highest BCUT2D eigenvalue weighted by molar-refractivity contribution is 6.02. The number of amides is 2. The maximum absolute atomic E-state index is 13.4. The zero-order chi connectivity index (χ0) is 23.2. The van der Waals surface area contributed by atoms with Gasteiger partial charge >= 0.3 is 5.97 Å². The first-order chi connectivity index (χ1) is 16.0. The van der Waals surface area contributed by atoms with Gasteiger partial charge in [-0.3, -0.25) is 14.4 Å². The van der Waals surface area contributed by atoms with Crippen LogP contribution in [0.15, 0.2) is 42.5 Å². The van der Waals surface area contributed by atoms with Crippen molar-refractivity contribution < 1.29 is 19.1 Å². The first-order valence-electron chi connectivity index (χ1n) is 11.8. The summed E-state index contributed by atoms with van der Waals surface area (Å²) in [4.78, 5) is 41.4. The minimum atomic E-state index is -0.390. The van der Waals surface area contributed by atoms with Crippen molar-refractivity contribution in [2.75, 3.05) is 36.5 Å². The van der Waals surface area contributed by atoms with Crippen molar-refractivity contribution in [3.63, 3.8) is 0 Å². The molecule has 1 saturated heterocycles. The Hall–Kier alpha value is -3.35. The van der Waals surface area contributed by atoms with Crippen molar-refractivity contribution in [2.24, 2.45) is 0 Å². The van der Waals surface area contributed by atoms with Crippen LogP contribution in [-0.4, -0.2) is 48.9 Å². The number of esters is 1. The number of hydrogen-bond acceptors (Lipinski definition) is 5. The van der Waals surface area contributed by atoms with E-state index in [1.807, 2.05) is 23.1 Å². The van der Waals surface area contributed by atoms with Crippen molar-refractivity contribution >= 4 is 29.2 Å². The normalized spacial score (nSPS) is 15.2. The molecule has 2 aromatic rings. The lowest BCUT2D eigenvalue weighted by atomic mass is 9.98. The molecule has 2 amide bonds. The molecule has 2 aliphatic rings. The van der Waals surface area contributed by atoms with Crippen LogP contribution in [0, 0.1) is 0 Å². The summed E-state index contributed by atoms with van der Waals surface area (Å²) in [6.07, 6.45) is 3.04. The topological polar surface area (TPSA) is 79.0 Å². The number of carbonyl (C=O) groups excluding carboxylic acids is 3. The SMILES string of the molecule is CCOC(=O)CCC(=O)Nc1ccc(N2CCc3ccccc3C2)c(C(=O)N2CCCC2)c1. The lowest BCUT2D eigenvalue weighted by molar-refractivity contribution is -0.144. The second-order valence-electron chi connectivity index (χ2n) is 8.52. The van der Waals surface area contributed by atoms with E-state index < -0.39 is 5.97 Å². The summed E-state index contributed by atoms with van der Waals surface area (Å²) < 4.78 is 4.88. The Kier molecular flexibility index (Phi) is 7.27. The molecule has 0 unspecified atom stereocenters. The van der Waals surface area contributed by atoms with Crippen LogP contribution in [0.5, 0.6) is 0 Å². The number of nitrogens with zero attached hydrogens (tertiary/aromatic N) is 2. The van der Waals surface area contributed by atoms with Crippen LogP contribution in [0.4, 0.5) is 11.4 Å². The molecule has 1 N–H and O–H groups in total. The molecule has 7 heteroatoms. The largest absolute Gasteiger partial charge is 0.466 e. The number of rotatable bonds is 7. The fourth-order valence-corrected chi connectivity index (χ4v) is 4.53. The fraction of sp³-hybridized carbons (Fsp3) is 0.423. The van der Waals surface area contributed by atoms with Gasteiger partial charge < -0.3 is 19.9 Å². The van der Waals surface area contributed by atoms with Crippen molar-refractivity contribution in [1.29, 1.82) is 0 Å². The van der Waals surface area contributed by atoms with Crippen LogP contribution in [0.1, 0.15) is 54.1 Å². The predicted octanol–water partition coefficient (Wildman–Crippen LogP) is 3.77. The predicted molar refractivity (Wildman–Crippen MR) is 127 cm³/mol. The average molecular weight is 450 g/mol. The van der Waals surface area contributed by atoms with Crippen LogP contribution in [0.2, 0.25) is 0 Å². The third-order valence-electron chi connectivity index (χ3n) is 6.24. The van der Waals surface area contributed by atoms with Gasteiger partial charge in [0.25, 0.3) is 5.91 Å². The van der Waals surface area contributed by atoms with E-state index >= 15 is 0 Å². The summed E-state index contributed by atoms with van der Waals surface area (Å²) >= 11 is 0. The van der Waals surface area contributed by atoms with E-state index in [0.717, 1.165) is 51.1 Å². The summed E-state index contributed by atoms with van der Waals surface area (Å²) in [5.41, 5.74) is 4.70. The van der Waals surface area contributed by atoms with Gasteiger partial charge in [-0.2, -0.15) is 0 Å². The monoisotopic (exact) mass is 449 g/mol. The molecular weight excluding hydrogens is 418 g/mol. The average Bonchev–Trinajstić information content (AvgIpc) is 3.37. The van der Waals surface area contributed by atoms with E-state index in [1.54, 1.807) is 13.0 Å². The van der Waals surface area contributed by atoms with Crippen LogP contribution < -0.4 is 10.2 Å². The molecule has 2 heterocycles. The van der Waals surface area contributed by atoms with E-state index in [4.69, 9.17) is 4.74 Å². The Morgan fingerprint density at radius 2 is 1.73 bits per heavy atom. The van der Waals surface area contributed by atoms with Gasteiger partial charge in [-0.25, -0.2) is 0 Å². The third-order valence-corrected chi connectivity index (χ3v) is 6.24. The number of likely N-dealkylation sites (tertiary alicyclic amines) is 1. The molecule has 7 nitrogen and oxygen atoms in total. The molecule has 174 valence electrons. The highest BCUT2D eigenvalue weighted by Gasteiger charge is 2.26. The van der Waals surface area contributed by atoms with Crippen LogP contribution in [-0.2, 0) is 27.3 Å². The van der Waals surface area contributed by atoms with E-state index in [1.165, 1.54) is 11.1 Å². The molecule has 0 aromatic heterocycles. The molecule has 33 heavy (non-hydrogen) atoms.